The highest BCUT2D eigenvalue weighted by molar-refractivity contribution is 7.15. The van der Waals surface area contributed by atoms with Gasteiger partial charge in [-0.05, 0) is 30.7 Å². The second-order valence-electron chi connectivity index (χ2n) is 5.72. The molecular formula is C17H20N4O2S. The molecule has 0 spiro atoms. The number of likely N-dealkylation sites (N-methyl/N-ethyl adjacent to an activating group) is 1. The maximum atomic E-state index is 11.8. The summed E-state index contributed by atoms with van der Waals surface area (Å²) < 4.78 is 0. The summed E-state index contributed by atoms with van der Waals surface area (Å²) in [4.78, 5) is 28.7. The third-order valence-electron chi connectivity index (χ3n) is 4.12. The molecule has 0 saturated heterocycles. The van der Waals surface area contributed by atoms with Crippen molar-refractivity contribution >= 4 is 28.4 Å². The molecule has 0 bridgehead atoms. The van der Waals surface area contributed by atoms with Gasteiger partial charge in [0.05, 0.1) is 12.2 Å². The van der Waals surface area contributed by atoms with Gasteiger partial charge >= 0.3 is 6.03 Å². The summed E-state index contributed by atoms with van der Waals surface area (Å²) in [7, 11) is 1.53. The molecule has 1 aromatic heterocycles. The summed E-state index contributed by atoms with van der Waals surface area (Å²) >= 11 is 1.52. The summed E-state index contributed by atoms with van der Waals surface area (Å²) in [5.74, 6) is 0.267. The van der Waals surface area contributed by atoms with Gasteiger partial charge < -0.3 is 10.6 Å². The number of aromatic nitrogens is 1. The minimum atomic E-state index is -0.413. The maximum Gasteiger partial charge on any atom is 0.321 e. The Labute approximate surface area is 144 Å². The standard InChI is InChI=1S/C17H20N4O2S/c1-18-15(22)10-19-16(23)21-17-20-13-8-7-12(9-14(13)24-17)11-5-3-2-4-6-11/h2-6,12H,7-10H2,1H3,(H,18,22)(H2,19,20,21,23). The van der Waals surface area contributed by atoms with Crippen LogP contribution in [0.1, 0.15) is 28.5 Å². The van der Waals surface area contributed by atoms with Gasteiger partial charge in [0, 0.05) is 11.9 Å². The number of fused-ring (bicyclic) bond motifs is 1. The number of carbonyl (C=O) groups is 2. The van der Waals surface area contributed by atoms with Crippen molar-refractivity contribution in [1.29, 1.82) is 0 Å². The normalized spacial score (nSPS) is 16.1. The number of anilines is 1. The van der Waals surface area contributed by atoms with Crippen molar-refractivity contribution in [3.8, 4) is 0 Å². The number of hydrogen-bond acceptors (Lipinski definition) is 4. The minimum absolute atomic E-state index is 0.0521. The molecule has 126 valence electrons. The molecule has 3 N–H and O–H groups in total. The van der Waals surface area contributed by atoms with E-state index >= 15 is 0 Å². The van der Waals surface area contributed by atoms with Crippen molar-refractivity contribution < 1.29 is 9.59 Å². The van der Waals surface area contributed by atoms with E-state index in [0.717, 1.165) is 25.0 Å². The van der Waals surface area contributed by atoms with Crippen LogP contribution in [-0.4, -0.2) is 30.5 Å². The van der Waals surface area contributed by atoms with Crippen LogP contribution in [0.3, 0.4) is 0 Å². The Morgan fingerprint density at radius 3 is 2.83 bits per heavy atom. The first-order valence-corrected chi connectivity index (χ1v) is 8.76. The Morgan fingerprint density at radius 2 is 2.08 bits per heavy atom. The molecule has 3 rings (SSSR count). The lowest BCUT2D eigenvalue weighted by Crippen LogP contribution is -2.37. The second kappa shape index (κ2) is 7.44. The van der Waals surface area contributed by atoms with Crippen molar-refractivity contribution in [3.63, 3.8) is 0 Å². The first-order chi connectivity index (χ1) is 11.7. The Bertz CT molecular complexity index is 729. The first-order valence-electron chi connectivity index (χ1n) is 7.94. The number of nitrogens with zero attached hydrogens (tertiary/aromatic N) is 1. The monoisotopic (exact) mass is 344 g/mol. The van der Waals surface area contributed by atoms with Crippen LogP contribution in [-0.2, 0) is 17.6 Å². The van der Waals surface area contributed by atoms with Crippen molar-refractivity contribution in [2.24, 2.45) is 0 Å². The number of benzene rings is 1. The SMILES string of the molecule is CNC(=O)CNC(=O)Nc1nc2c(s1)CC(c1ccccc1)CC2. The summed E-state index contributed by atoms with van der Waals surface area (Å²) in [5.41, 5.74) is 2.43. The summed E-state index contributed by atoms with van der Waals surface area (Å²) in [6.07, 6.45) is 2.95. The lowest BCUT2D eigenvalue weighted by molar-refractivity contribution is -0.119. The zero-order valence-corrected chi connectivity index (χ0v) is 14.3. The van der Waals surface area contributed by atoms with Gasteiger partial charge in [0.2, 0.25) is 5.91 Å². The van der Waals surface area contributed by atoms with E-state index in [-0.39, 0.29) is 12.5 Å². The van der Waals surface area contributed by atoms with Gasteiger partial charge in [-0.15, -0.1) is 11.3 Å². The van der Waals surface area contributed by atoms with Gasteiger partial charge in [0.15, 0.2) is 5.13 Å². The van der Waals surface area contributed by atoms with Gasteiger partial charge in [0.25, 0.3) is 0 Å². The number of carbonyl (C=O) groups excluding carboxylic acids is 2. The van der Waals surface area contributed by atoms with Crippen LogP contribution in [0.4, 0.5) is 9.93 Å². The quantitative estimate of drug-likeness (QED) is 0.796. The van der Waals surface area contributed by atoms with Gasteiger partial charge in [-0.3, -0.25) is 10.1 Å². The molecule has 1 aliphatic carbocycles. The Balaban J connectivity index is 1.61. The van der Waals surface area contributed by atoms with Crippen LogP contribution in [0.2, 0.25) is 0 Å². The van der Waals surface area contributed by atoms with E-state index in [1.807, 2.05) is 6.07 Å². The lowest BCUT2D eigenvalue weighted by Gasteiger charge is -2.21. The number of urea groups is 1. The average Bonchev–Trinajstić information content (AvgIpc) is 3.01. The molecule has 6 nitrogen and oxygen atoms in total. The molecule has 1 heterocycles. The number of nitrogens with one attached hydrogen (secondary N) is 3. The van der Waals surface area contributed by atoms with Gasteiger partial charge in [-0.25, -0.2) is 9.78 Å². The van der Waals surface area contributed by atoms with Crippen molar-refractivity contribution in [1.82, 2.24) is 15.6 Å². The number of rotatable bonds is 4. The fourth-order valence-electron chi connectivity index (χ4n) is 2.83. The predicted molar refractivity (Wildman–Crippen MR) is 94.4 cm³/mol. The number of thiazole rings is 1. The maximum absolute atomic E-state index is 11.8. The van der Waals surface area contributed by atoms with E-state index in [0.29, 0.717) is 11.0 Å². The first kappa shape index (κ1) is 16.4. The fraction of sp³-hybridized carbons (Fsp3) is 0.353. The van der Waals surface area contributed by atoms with E-state index in [9.17, 15) is 9.59 Å². The molecule has 0 saturated carbocycles. The van der Waals surface area contributed by atoms with E-state index in [1.165, 1.54) is 28.8 Å². The molecule has 0 aliphatic heterocycles. The van der Waals surface area contributed by atoms with E-state index < -0.39 is 6.03 Å². The zero-order valence-electron chi connectivity index (χ0n) is 13.5. The van der Waals surface area contributed by atoms with Crippen molar-refractivity contribution in [2.45, 2.75) is 25.2 Å². The molecule has 1 aromatic carbocycles. The van der Waals surface area contributed by atoms with Crippen LogP contribution < -0.4 is 16.0 Å². The highest BCUT2D eigenvalue weighted by Gasteiger charge is 2.24. The number of hydrogen-bond donors (Lipinski definition) is 3. The average molecular weight is 344 g/mol. The molecule has 24 heavy (non-hydrogen) atoms. The summed E-state index contributed by atoms with van der Waals surface area (Å²) in [6.45, 7) is -0.0521. The van der Waals surface area contributed by atoms with Gasteiger partial charge in [0.1, 0.15) is 0 Å². The van der Waals surface area contributed by atoms with Crippen LogP contribution in [0.25, 0.3) is 0 Å². The minimum Gasteiger partial charge on any atom is -0.358 e. The molecule has 0 radical (unpaired) electrons. The molecule has 1 atom stereocenters. The Morgan fingerprint density at radius 1 is 1.29 bits per heavy atom. The molecule has 0 fully saturated rings. The third-order valence-corrected chi connectivity index (χ3v) is 5.15. The van der Waals surface area contributed by atoms with Gasteiger partial charge in [-0.2, -0.15) is 0 Å². The smallest absolute Gasteiger partial charge is 0.321 e. The van der Waals surface area contributed by atoms with Crippen LogP contribution in [0.15, 0.2) is 30.3 Å². The number of aryl methyl sites for hydroxylation is 1. The number of amides is 3. The highest BCUT2D eigenvalue weighted by Crippen LogP contribution is 2.36. The zero-order chi connectivity index (χ0) is 16.9. The van der Waals surface area contributed by atoms with Crippen LogP contribution >= 0.6 is 11.3 Å². The molecule has 7 heteroatoms. The third kappa shape index (κ3) is 3.91. The largest absolute Gasteiger partial charge is 0.358 e. The van der Waals surface area contributed by atoms with E-state index in [2.05, 4.69) is 45.2 Å². The summed E-state index contributed by atoms with van der Waals surface area (Å²) in [6, 6.07) is 10.1. The molecular weight excluding hydrogens is 324 g/mol. The molecule has 2 aromatic rings. The Kier molecular flexibility index (Phi) is 5.10. The van der Waals surface area contributed by atoms with E-state index in [4.69, 9.17) is 0 Å². The summed E-state index contributed by atoms with van der Waals surface area (Å²) in [5, 5.41) is 8.25. The molecule has 3 amide bonds. The predicted octanol–water partition coefficient (Wildman–Crippen LogP) is 2.28. The second-order valence-corrected chi connectivity index (χ2v) is 6.80. The molecule has 1 aliphatic rings. The van der Waals surface area contributed by atoms with E-state index in [1.54, 1.807) is 0 Å². The van der Waals surface area contributed by atoms with Crippen LogP contribution in [0, 0.1) is 0 Å². The molecule has 1 unspecified atom stereocenters. The van der Waals surface area contributed by atoms with Crippen molar-refractivity contribution in [2.75, 3.05) is 18.9 Å². The lowest BCUT2D eigenvalue weighted by atomic mass is 9.85. The topological polar surface area (TPSA) is 83.1 Å². The van der Waals surface area contributed by atoms with Crippen molar-refractivity contribution in [3.05, 3.63) is 46.5 Å². The highest BCUT2D eigenvalue weighted by atomic mass is 32.1. The van der Waals surface area contributed by atoms with Gasteiger partial charge in [-0.1, -0.05) is 30.3 Å². The fourth-order valence-corrected chi connectivity index (χ4v) is 3.91. The Hall–Kier alpha value is -2.41. The van der Waals surface area contributed by atoms with Crippen LogP contribution in [0.5, 0.6) is 0 Å².